The van der Waals surface area contributed by atoms with E-state index in [9.17, 15) is 14.2 Å². The van der Waals surface area contributed by atoms with Crippen LogP contribution in [0.5, 0.6) is 0 Å². The number of carbonyl (C=O) groups is 2. The van der Waals surface area contributed by atoms with Crippen molar-refractivity contribution in [3.05, 3.63) is 35.9 Å². The molecule has 22 heavy (non-hydrogen) atoms. The Morgan fingerprint density at radius 2 is 1.77 bits per heavy atom. The van der Waals surface area contributed by atoms with Crippen LogP contribution in [0, 0.1) is 0 Å². The van der Waals surface area contributed by atoms with Crippen LogP contribution in [0.4, 0.5) is 4.79 Å². The Balaban J connectivity index is 2.90. The molecule has 11 heteroatoms. The maximum absolute atomic E-state index is 11.9. The largest absolute Gasteiger partial charge is 0.480 e. The molecule has 0 aliphatic carbocycles. The molecule has 0 heterocycles. The summed E-state index contributed by atoms with van der Waals surface area (Å²) in [7, 11) is -5.24. The number of ether oxygens (including phenoxy) is 1. The van der Waals surface area contributed by atoms with Gasteiger partial charge in [0.2, 0.25) is 0 Å². The number of carboxylic acid groups (broad SMARTS) is 1. The van der Waals surface area contributed by atoms with Crippen molar-refractivity contribution in [3.8, 4) is 0 Å². The average molecular weight is 372 g/mol. The summed E-state index contributed by atoms with van der Waals surface area (Å²) in [6.45, 7) is -1.40. The molecule has 0 aliphatic heterocycles. The van der Waals surface area contributed by atoms with Crippen molar-refractivity contribution in [2.45, 2.75) is 10.8 Å². The van der Waals surface area contributed by atoms with Gasteiger partial charge in [-0.1, -0.05) is 53.5 Å². The number of nitrogens with zero attached hydrogens (tertiary/aromatic N) is 1. The van der Waals surface area contributed by atoms with Gasteiger partial charge in [-0.3, -0.25) is 14.3 Å². The molecule has 8 nitrogen and oxygen atoms in total. The molecule has 0 aromatic heterocycles. The van der Waals surface area contributed by atoms with Crippen LogP contribution in [0.2, 0.25) is 0 Å². The van der Waals surface area contributed by atoms with E-state index < -0.39 is 30.4 Å². The Kier molecular flexibility index (Phi) is 6.22. The third kappa shape index (κ3) is 4.86. The maximum Gasteiger partial charge on any atom is 0.413 e. The Morgan fingerprint density at radius 1 is 1.23 bits per heavy atom. The minimum Gasteiger partial charge on any atom is -0.480 e. The molecule has 0 atom stereocenters. The number of amides is 1. The van der Waals surface area contributed by atoms with Crippen molar-refractivity contribution in [3.63, 3.8) is 0 Å². The van der Waals surface area contributed by atoms with Gasteiger partial charge in [0.25, 0.3) is 4.20 Å². The van der Waals surface area contributed by atoms with Gasteiger partial charge in [0.15, 0.2) is 0 Å². The Hall–Kier alpha value is -1.31. The second-order valence-electron chi connectivity index (χ2n) is 4.07. The highest BCUT2D eigenvalue weighted by molar-refractivity contribution is 7.58. The number of aliphatic carboxylic acids is 1. The Bertz CT molecular complexity index is 589. The lowest BCUT2D eigenvalue weighted by Gasteiger charge is -2.32. The zero-order valence-electron chi connectivity index (χ0n) is 10.9. The van der Waals surface area contributed by atoms with Crippen LogP contribution < -0.4 is 0 Å². The smallest absolute Gasteiger partial charge is 0.413 e. The SMILES string of the molecule is O=C(O)CN(C(=O)OCc1ccccc1)C(Cl)(Cl)P(=O)(O)O. The van der Waals surface area contributed by atoms with Crippen LogP contribution in [0.1, 0.15) is 5.56 Å². The first-order chi connectivity index (χ1) is 10.1. The first-order valence-electron chi connectivity index (χ1n) is 5.69. The topological polar surface area (TPSA) is 124 Å². The quantitative estimate of drug-likeness (QED) is 0.396. The standard InChI is InChI=1S/C11H12Cl2NO7P/c12-11(13,22(18,19)20)14(6-9(15)16)10(17)21-7-8-4-2-1-3-5-8/h1-5H,6-7H2,(H,15,16)(H2,18,19,20). The summed E-state index contributed by atoms with van der Waals surface area (Å²) >= 11 is 10.9. The Morgan fingerprint density at radius 3 is 2.23 bits per heavy atom. The lowest BCUT2D eigenvalue weighted by Crippen LogP contribution is -2.47. The highest BCUT2D eigenvalue weighted by atomic mass is 35.5. The molecule has 0 saturated heterocycles. The van der Waals surface area contributed by atoms with Crippen molar-refractivity contribution in [1.29, 1.82) is 0 Å². The van der Waals surface area contributed by atoms with E-state index in [0.29, 0.717) is 5.56 Å². The van der Waals surface area contributed by atoms with E-state index in [0.717, 1.165) is 0 Å². The zero-order valence-corrected chi connectivity index (χ0v) is 13.3. The summed E-state index contributed by atoms with van der Waals surface area (Å²) in [5.74, 6) is -1.57. The van der Waals surface area contributed by atoms with E-state index in [1.807, 2.05) is 0 Å². The van der Waals surface area contributed by atoms with Crippen LogP contribution in [-0.4, -0.2) is 42.6 Å². The normalized spacial score (nSPS) is 11.8. The van der Waals surface area contributed by atoms with Gasteiger partial charge >= 0.3 is 19.7 Å². The number of rotatable bonds is 6. The minimum atomic E-state index is -5.24. The molecule has 122 valence electrons. The number of carbonyl (C=O) groups excluding carboxylic acids is 1. The maximum atomic E-state index is 11.9. The van der Waals surface area contributed by atoms with Gasteiger partial charge in [-0.25, -0.2) is 4.79 Å². The van der Waals surface area contributed by atoms with E-state index in [4.69, 9.17) is 42.8 Å². The Labute approximate surface area is 135 Å². The number of halogens is 2. The van der Waals surface area contributed by atoms with Gasteiger partial charge in [0, 0.05) is 0 Å². The molecule has 1 rings (SSSR count). The minimum absolute atomic E-state index is 0.0438. The summed E-state index contributed by atoms with van der Waals surface area (Å²) in [6, 6.07) is 8.36. The molecule has 1 amide bonds. The average Bonchev–Trinajstić information content (AvgIpc) is 2.41. The molecule has 0 spiro atoms. The zero-order chi connectivity index (χ0) is 17.0. The van der Waals surface area contributed by atoms with Gasteiger partial charge in [0.05, 0.1) is 0 Å². The predicted octanol–water partition coefficient (Wildman–Crippen LogP) is 1.98. The lowest BCUT2D eigenvalue weighted by atomic mass is 10.2. The predicted molar refractivity (Wildman–Crippen MR) is 77.4 cm³/mol. The number of alkyl halides is 2. The van der Waals surface area contributed by atoms with Crippen molar-refractivity contribution >= 4 is 42.9 Å². The van der Waals surface area contributed by atoms with E-state index in [1.165, 1.54) is 0 Å². The van der Waals surface area contributed by atoms with E-state index in [1.54, 1.807) is 30.3 Å². The van der Waals surface area contributed by atoms with Crippen molar-refractivity contribution in [2.75, 3.05) is 6.54 Å². The third-order valence-corrected chi connectivity index (χ3v) is 5.07. The number of carboxylic acids is 1. The fraction of sp³-hybridized carbons (Fsp3) is 0.273. The van der Waals surface area contributed by atoms with E-state index in [2.05, 4.69) is 0 Å². The molecule has 1 aromatic carbocycles. The summed E-state index contributed by atoms with van der Waals surface area (Å²) in [6.07, 6.45) is -1.38. The van der Waals surface area contributed by atoms with Crippen molar-refractivity contribution < 1.29 is 33.8 Å². The number of hydrogen-bond donors (Lipinski definition) is 3. The molecule has 0 bridgehead atoms. The molecule has 1 aromatic rings. The molecule has 3 N–H and O–H groups in total. The molecular formula is C11H12Cl2NO7P. The molecule has 0 unspecified atom stereocenters. The summed E-state index contributed by atoms with van der Waals surface area (Å²) in [5.41, 5.74) is 0.581. The monoisotopic (exact) mass is 371 g/mol. The van der Waals surface area contributed by atoms with Gasteiger partial charge in [-0.05, 0) is 5.56 Å². The molecular weight excluding hydrogens is 360 g/mol. The van der Waals surface area contributed by atoms with Crippen LogP contribution in [0.15, 0.2) is 30.3 Å². The number of benzene rings is 1. The lowest BCUT2D eigenvalue weighted by molar-refractivity contribution is -0.138. The van der Waals surface area contributed by atoms with Gasteiger partial charge in [0.1, 0.15) is 13.2 Å². The summed E-state index contributed by atoms with van der Waals surface area (Å²) < 4.78 is 13.0. The fourth-order valence-electron chi connectivity index (χ4n) is 1.36. The van der Waals surface area contributed by atoms with Crippen molar-refractivity contribution in [1.82, 2.24) is 4.90 Å². The summed E-state index contributed by atoms with van der Waals surface area (Å²) in [5, 5.41) is 8.73. The number of hydrogen-bond acceptors (Lipinski definition) is 4. The fourth-order valence-corrected chi connectivity index (χ4v) is 2.08. The van der Waals surface area contributed by atoms with E-state index >= 15 is 0 Å². The van der Waals surface area contributed by atoms with Gasteiger partial charge in [-0.15, -0.1) is 0 Å². The second-order valence-corrected chi connectivity index (χ2v) is 7.62. The van der Waals surface area contributed by atoms with Crippen molar-refractivity contribution in [2.24, 2.45) is 0 Å². The first-order valence-corrected chi connectivity index (χ1v) is 8.06. The van der Waals surface area contributed by atoms with Crippen LogP contribution in [-0.2, 0) is 20.7 Å². The van der Waals surface area contributed by atoms with Gasteiger partial charge < -0.3 is 19.6 Å². The third-order valence-electron chi connectivity index (χ3n) is 2.39. The van der Waals surface area contributed by atoms with E-state index in [-0.39, 0.29) is 11.5 Å². The van der Waals surface area contributed by atoms with Crippen LogP contribution in [0.3, 0.4) is 0 Å². The molecule has 0 aliphatic rings. The van der Waals surface area contributed by atoms with Crippen LogP contribution in [0.25, 0.3) is 0 Å². The molecule has 0 radical (unpaired) electrons. The van der Waals surface area contributed by atoms with Gasteiger partial charge in [-0.2, -0.15) is 0 Å². The first kappa shape index (κ1) is 18.7. The molecule has 0 saturated carbocycles. The van der Waals surface area contributed by atoms with Crippen LogP contribution >= 0.6 is 30.8 Å². The summed E-state index contributed by atoms with van der Waals surface area (Å²) in [4.78, 5) is 40.8. The highest BCUT2D eigenvalue weighted by Gasteiger charge is 2.52. The second kappa shape index (κ2) is 7.30. The highest BCUT2D eigenvalue weighted by Crippen LogP contribution is 2.58. The molecule has 0 fully saturated rings.